The first-order chi connectivity index (χ1) is 6.11. The van der Waals surface area contributed by atoms with Crippen molar-refractivity contribution in [2.24, 2.45) is 0 Å². The van der Waals surface area contributed by atoms with E-state index in [0.29, 0.717) is 22.9 Å². The van der Waals surface area contributed by atoms with E-state index < -0.39 is 0 Å². The molecule has 0 unspecified atom stereocenters. The van der Waals surface area contributed by atoms with Crippen molar-refractivity contribution < 1.29 is 9.47 Å². The normalized spacial score (nSPS) is 9.77. The molecule has 0 saturated carbocycles. The lowest BCUT2D eigenvalue weighted by Crippen LogP contribution is -2.01. The van der Waals surface area contributed by atoms with Crippen LogP contribution in [0.1, 0.15) is 5.56 Å². The summed E-state index contributed by atoms with van der Waals surface area (Å²) in [5.41, 5.74) is 13.2. The molecule has 0 saturated heterocycles. The van der Waals surface area contributed by atoms with E-state index in [4.69, 9.17) is 20.9 Å². The standard InChI is InChI=1S/C9H14N2O2/c1-5-8(11)6(10)4-7(12-2)9(5)13-3/h4H,10-11H2,1-3H3. The van der Waals surface area contributed by atoms with Gasteiger partial charge in [0.15, 0.2) is 11.5 Å². The first-order valence-electron chi connectivity index (χ1n) is 3.88. The Morgan fingerprint density at radius 2 is 1.77 bits per heavy atom. The monoisotopic (exact) mass is 182 g/mol. The molecule has 0 spiro atoms. The Balaban J connectivity index is 3.39. The van der Waals surface area contributed by atoms with Crippen molar-refractivity contribution in [3.05, 3.63) is 11.6 Å². The van der Waals surface area contributed by atoms with Gasteiger partial charge in [-0.05, 0) is 6.92 Å². The van der Waals surface area contributed by atoms with E-state index in [1.165, 1.54) is 0 Å². The lowest BCUT2D eigenvalue weighted by atomic mass is 10.1. The maximum atomic E-state index is 5.72. The number of nitrogens with two attached hydrogens (primary N) is 2. The van der Waals surface area contributed by atoms with E-state index in [2.05, 4.69) is 0 Å². The molecule has 0 heterocycles. The van der Waals surface area contributed by atoms with Crippen LogP contribution >= 0.6 is 0 Å². The second-order valence-electron chi connectivity index (χ2n) is 2.74. The highest BCUT2D eigenvalue weighted by Crippen LogP contribution is 2.37. The minimum Gasteiger partial charge on any atom is -0.493 e. The summed E-state index contributed by atoms with van der Waals surface area (Å²) in [5.74, 6) is 1.24. The molecule has 0 fully saturated rings. The highest BCUT2D eigenvalue weighted by Gasteiger charge is 2.12. The van der Waals surface area contributed by atoms with Gasteiger partial charge in [0, 0.05) is 11.6 Å². The largest absolute Gasteiger partial charge is 0.493 e. The summed E-state index contributed by atoms with van der Waals surface area (Å²) in [6, 6.07) is 1.65. The van der Waals surface area contributed by atoms with Crippen LogP contribution in [0.5, 0.6) is 11.5 Å². The number of anilines is 2. The molecule has 0 aliphatic carbocycles. The fraction of sp³-hybridized carbons (Fsp3) is 0.333. The zero-order chi connectivity index (χ0) is 10.0. The van der Waals surface area contributed by atoms with Gasteiger partial charge in [-0.15, -0.1) is 0 Å². The van der Waals surface area contributed by atoms with Gasteiger partial charge in [0.25, 0.3) is 0 Å². The van der Waals surface area contributed by atoms with Crippen LogP contribution in [0.25, 0.3) is 0 Å². The number of rotatable bonds is 2. The molecule has 0 bridgehead atoms. The third kappa shape index (κ3) is 1.47. The topological polar surface area (TPSA) is 70.5 Å². The second kappa shape index (κ2) is 3.43. The molecule has 0 amide bonds. The molecule has 0 aliphatic rings. The maximum Gasteiger partial charge on any atom is 0.165 e. The van der Waals surface area contributed by atoms with Crippen molar-refractivity contribution in [1.29, 1.82) is 0 Å². The summed E-state index contributed by atoms with van der Waals surface area (Å²) in [6.07, 6.45) is 0. The number of hydrogen-bond acceptors (Lipinski definition) is 4. The number of nitrogen functional groups attached to an aromatic ring is 2. The van der Waals surface area contributed by atoms with Gasteiger partial charge in [-0.1, -0.05) is 0 Å². The number of benzene rings is 1. The molecule has 1 aromatic carbocycles. The van der Waals surface area contributed by atoms with Crippen LogP contribution < -0.4 is 20.9 Å². The van der Waals surface area contributed by atoms with E-state index in [1.54, 1.807) is 20.3 Å². The van der Waals surface area contributed by atoms with E-state index >= 15 is 0 Å². The van der Waals surface area contributed by atoms with Gasteiger partial charge < -0.3 is 20.9 Å². The van der Waals surface area contributed by atoms with E-state index in [9.17, 15) is 0 Å². The number of hydrogen-bond donors (Lipinski definition) is 2. The summed E-state index contributed by atoms with van der Waals surface area (Å²) >= 11 is 0. The molecule has 4 nitrogen and oxygen atoms in total. The van der Waals surface area contributed by atoms with Gasteiger partial charge in [-0.25, -0.2) is 0 Å². The highest BCUT2D eigenvalue weighted by atomic mass is 16.5. The molecule has 1 rings (SSSR count). The predicted molar refractivity (Wildman–Crippen MR) is 53.1 cm³/mol. The van der Waals surface area contributed by atoms with E-state index in [-0.39, 0.29) is 0 Å². The Labute approximate surface area is 77.4 Å². The van der Waals surface area contributed by atoms with Gasteiger partial charge in [0.05, 0.1) is 25.6 Å². The van der Waals surface area contributed by atoms with E-state index in [1.807, 2.05) is 6.92 Å². The fourth-order valence-corrected chi connectivity index (χ4v) is 1.21. The Morgan fingerprint density at radius 3 is 2.23 bits per heavy atom. The summed E-state index contributed by atoms with van der Waals surface area (Å²) in [5, 5.41) is 0. The molecular weight excluding hydrogens is 168 g/mol. The van der Waals surface area contributed by atoms with Crippen LogP contribution in [0.2, 0.25) is 0 Å². The molecule has 1 aromatic rings. The van der Waals surface area contributed by atoms with E-state index in [0.717, 1.165) is 5.56 Å². The Hall–Kier alpha value is -1.58. The minimum atomic E-state index is 0.509. The van der Waals surface area contributed by atoms with Crippen molar-refractivity contribution in [3.63, 3.8) is 0 Å². The van der Waals surface area contributed by atoms with Gasteiger partial charge in [0.2, 0.25) is 0 Å². The fourth-order valence-electron chi connectivity index (χ4n) is 1.21. The molecule has 72 valence electrons. The average molecular weight is 182 g/mol. The molecule has 0 radical (unpaired) electrons. The summed E-state index contributed by atoms with van der Waals surface area (Å²) in [4.78, 5) is 0. The van der Waals surface area contributed by atoms with Gasteiger partial charge >= 0.3 is 0 Å². The average Bonchev–Trinajstić information content (AvgIpc) is 2.13. The zero-order valence-corrected chi connectivity index (χ0v) is 8.05. The third-order valence-corrected chi connectivity index (χ3v) is 1.99. The Kier molecular flexibility index (Phi) is 2.51. The van der Waals surface area contributed by atoms with Crippen LogP contribution in [0.15, 0.2) is 6.07 Å². The minimum absolute atomic E-state index is 0.509. The van der Waals surface area contributed by atoms with Crippen molar-refractivity contribution in [2.75, 3.05) is 25.7 Å². The molecule has 0 aromatic heterocycles. The van der Waals surface area contributed by atoms with Gasteiger partial charge in [-0.2, -0.15) is 0 Å². The van der Waals surface area contributed by atoms with Crippen LogP contribution in [-0.4, -0.2) is 14.2 Å². The number of methoxy groups -OCH3 is 2. The van der Waals surface area contributed by atoms with Crippen molar-refractivity contribution in [2.45, 2.75) is 6.92 Å². The van der Waals surface area contributed by atoms with Crippen LogP contribution in [0.4, 0.5) is 11.4 Å². The van der Waals surface area contributed by atoms with Crippen LogP contribution in [0.3, 0.4) is 0 Å². The van der Waals surface area contributed by atoms with Crippen molar-refractivity contribution >= 4 is 11.4 Å². The highest BCUT2D eigenvalue weighted by molar-refractivity contribution is 5.74. The zero-order valence-electron chi connectivity index (χ0n) is 8.05. The first-order valence-corrected chi connectivity index (χ1v) is 3.88. The van der Waals surface area contributed by atoms with Crippen molar-refractivity contribution in [1.82, 2.24) is 0 Å². The lowest BCUT2D eigenvalue weighted by molar-refractivity contribution is 0.353. The molecule has 13 heavy (non-hydrogen) atoms. The third-order valence-electron chi connectivity index (χ3n) is 1.99. The maximum absolute atomic E-state index is 5.72. The van der Waals surface area contributed by atoms with Gasteiger partial charge in [-0.3, -0.25) is 0 Å². The quantitative estimate of drug-likeness (QED) is 0.674. The molecular formula is C9H14N2O2. The Bertz CT molecular complexity index is 324. The van der Waals surface area contributed by atoms with Crippen LogP contribution in [0, 0.1) is 6.92 Å². The smallest absolute Gasteiger partial charge is 0.165 e. The van der Waals surface area contributed by atoms with Crippen LogP contribution in [-0.2, 0) is 0 Å². The predicted octanol–water partition coefficient (Wildman–Crippen LogP) is 1.18. The second-order valence-corrected chi connectivity index (χ2v) is 2.74. The number of ether oxygens (including phenoxy) is 2. The summed E-state index contributed by atoms with van der Waals surface area (Å²) < 4.78 is 10.2. The summed E-state index contributed by atoms with van der Waals surface area (Å²) in [7, 11) is 3.13. The summed E-state index contributed by atoms with van der Waals surface area (Å²) in [6.45, 7) is 1.84. The molecule has 0 atom stereocenters. The Morgan fingerprint density at radius 1 is 1.15 bits per heavy atom. The van der Waals surface area contributed by atoms with Crippen molar-refractivity contribution in [3.8, 4) is 11.5 Å². The van der Waals surface area contributed by atoms with Gasteiger partial charge in [0.1, 0.15) is 0 Å². The SMILES string of the molecule is COc1cc(N)c(N)c(C)c1OC. The molecule has 0 aliphatic heterocycles. The lowest BCUT2D eigenvalue weighted by Gasteiger charge is -2.13. The first kappa shape index (κ1) is 9.51. The molecule has 4 N–H and O–H groups in total. The molecule has 4 heteroatoms.